The van der Waals surface area contributed by atoms with E-state index in [4.69, 9.17) is 11.6 Å². The van der Waals surface area contributed by atoms with Crippen LogP contribution < -0.4 is 4.90 Å². The molecule has 1 amide bonds. The molecule has 0 aliphatic carbocycles. The van der Waals surface area contributed by atoms with Crippen molar-refractivity contribution in [2.75, 3.05) is 11.4 Å². The van der Waals surface area contributed by atoms with Gasteiger partial charge in [0.05, 0.1) is 10.7 Å². The molecule has 1 unspecified atom stereocenters. The highest BCUT2D eigenvalue weighted by Crippen LogP contribution is 2.39. The molecule has 3 rings (SSSR count). The van der Waals surface area contributed by atoms with Gasteiger partial charge in [-0.05, 0) is 36.2 Å². The van der Waals surface area contributed by atoms with Crippen molar-refractivity contribution in [3.63, 3.8) is 0 Å². The van der Waals surface area contributed by atoms with E-state index in [0.29, 0.717) is 6.42 Å². The maximum Gasteiger partial charge on any atom is 0.258 e. The maximum absolute atomic E-state index is 14.3. The Bertz CT molecular complexity index is 814. The molecule has 0 fully saturated rings. The number of nitrogens with zero attached hydrogens (tertiary/aromatic N) is 1. The number of anilines is 1. The first-order valence-electron chi connectivity index (χ1n) is 7.67. The van der Waals surface area contributed by atoms with Gasteiger partial charge in [0.15, 0.2) is 0 Å². The molecule has 24 heavy (non-hydrogen) atoms. The molecule has 2 aromatic rings. The van der Waals surface area contributed by atoms with E-state index < -0.39 is 17.5 Å². The van der Waals surface area contributed by atoms with Gasteiger partial charge < -0.3 is 4.90 Å². The first-order valence-corrected chi connectivity index (χ1v) is 8.04. The Balaban J connectivity index is 2.17. The molecule has 1 aliphatic heterocycles. The molecule has 0 bridgehead atoms. The van der Waals surface area contributed by atoms with Crippen LogP contribution in [0.25, 0.3) is 0 Å². The molecular weight excluding hydrogens is 332 g/mol. The highest BCUT2D eigenvalue weighted by Gasteiger charge is 2.35. The molecule has 0 spiro atoms. The quantitative estimate of drug-likeness (QED) is 0.687. The van der Waals surface area contributed by atoms with Gasteiger partial charge in [-0.2, -0.15) is 0 Å². The molecule has 1 heterocycles. The summed E-state index contributed by atoms with van der Waals surface area (Å²) >= 11 is 6.12. The lowest BCUT2D eigenvalue weighted by Crippen LogP contribution is -2.41. The van der Waals surface area contributed by atoms with E-state index in [1.807, 2.05) is 6.92 Å². The topological polar surface area (TPSA) is 20.3 Å². The summed E-state index contributed by atoms with van der Waals surface area (Å²) < 4.78 is 28.0. The molecule has 1 atom stereocenters. The zero-order valence-electron chi connectivity index (χ0n) is 13.2. The molecule has 0 saturated heterocycles. The Morgan fingerprint density at radius 2 is 2.08 bits per heavy atom. The Hall–Kier alpha value is -2.20. The monoisotopic (exact) mass is 347 g/mol. The number of benzene rings is 2. The summed E-state index contributed by atoms with van der Waals surface area (Å²) in [5.41, 5.74) is 1.86. The third kappa shape index (κ3) is 2.71. The number of rotatable bonds is 3. The minimum Gasteiger partial charge on any atom is -0.303 e. The SMILES string of the molecule is C=C(CC)C1CN(c2c(F)cccc2Cl)C(=O)c2cc(F)ccc21. The number of hydrogen-bond acceptors (Lipinski definition) is 1. The molecule has 1 aliphatic rings. The van der Waals surface area contributed by atoms with E-state index >= 15 is 0 Å². The number of hydrogen-bond donors (Lipinski definition) is 0. The number of carbonyl (C=O) groups excluding carboxylic acids is 1. The van der Waals surface area contributed by atoms with Gasteiger partial charge in [-0.1, -0.05) is 42.8 Å². The lowest BCUT2D eigenvalue weighted by Gasteiger charge is -2.35. The number of amides is 1. The zero-order valence-corrected chi connectivity index (χ0v) is 13.9. The van der Waals surface area contributed by atoms with Crippen molar-refractivity contribution in [3.8, 4) is 0 Å². The number of fused-ring (bicyclic) bond motifs is 1. The summed E-state index contributed by atoms with van der Waals surface area (Å²) in [5.74, 6) is -1.75. The fraction of sp³-hybridized carbons (Fsp3) is 0.211. The van der Waals surface area contributed by atoms with Crippen molar-refractivity contribution >= 4 is 23.2 Å². The molecule has 0 aromatic heterocycles. The van der Waals surface area contributed by atoms with Crippen LogP contribution in [-0.2, 0) is 0 Å². The van der Waals surface area contributed by atoms with Crippen LogP contribution in [0, 0.1) is 11.6 Å². The van der Waals surface area contributed by atoms with Gasteiger partial charge in [0.1, 0.15) is 11.6 Å². The van der Waals surface area contributed by atoms with Crippen LogP contribution in [0.4, 0.5) is 14.5 Å². The van der Waals surface area contributed by atoms with Gasteiger partial charge in [-0.25, -0.2) is 8.78 Å². The third-order valence-electron chi connectivity index (χ3n) is 4.39. The Kier molecular flexibility index (Phi) is 4.41. The largest absolute Gasteiger partial charge is 0.303 e. The molecule has 2 nitrogen and oxygen atoms in total. The van der Waals surface area contributed by atoms with Crippen LogP contribution in [0.5, 0.6) is 0 Å². The van der Waals surface area contributed by atoms with Crippen molar-refractivity contribution < 1.29 is 13.6 Å². The Morgan fingerprint density at radius 1 is 1.33 bits per heavy atom. The van der Waals surface area contributed by atoms with E-state index in [1.54, 1.807) is 6.07 Å². The molecule has 2 aromatic carbocycles. The predicted octanol–water partition coefficient (Wildman–Crippen LogP) is 5.33. The van der Waals surface area contributed by atoms with Crippen molar-refractivity contribution in [1.29, 1.82) is 0 Å². The standard InChI is InChI=1S/C19H16ClF2NO/c1-3-11(2)15-10-23(18-16(20)5-4-6-17(18)22)19(24)14-9-12(21)7-8-13(14)15/h4-9,15H,2-3,10H2,1H3. The van der Waals surface area contributed by atoms with Crippen LogP contribution in [0.2, 0.25) is 5.02 Å². The fourth-order valence-electron chi connectivity index (χ4n) is 3.06. The van der Waals surface area contributed by atoms with Crippen LogP contribution in [-0.4, -0.2) is 12.5 Å². The predicted molar refractivity (Wildman–Crippen MR) is 91.7 cm³/mol. The summed E-state index contributed by atoms with van der Waals surface area (Å²) in [4.78, 5) is 14.1. The van der Waals surface area contributed by atoms with E-state index in [9.17, 15) is 13.6 Å². The van der Waals surface area contributed by atoms with Gasteiger partial charge in [-0.15, -0.1) is 0 Å². The van der Waals surface area contributed by atoms with E-state index in [0.717, 1.165) is 11.1 Å². The summed E-state index contributed by atoms with van der Waals surface area (Å²) in [6, 6.07) is 8.37. The van der Waals surface area contributed by atoms with Gasteiger partial charge >= 0.3 is 0 Å². The molecule has 0 radical (unpaired) electrons. The van der Waals surface area contributed by atoms with Crippen molar-refractivity contribution in [2.24, 2.45) is 0 Å². The van der Waals surface area contributed by atoms with Crippen molar-refractivity contribution in [2.45, 2.75) is 19.3 Å². The molecule has 0 N–H and O–H groups in total. The van der Waals surface area contributed by atoms with E-state index in [2.05, 4.69) is 6.58 Å². The van der Waals surface area contributed by atoms with Crippen LogP contribution in [0.3, 0.4) is 0 Å². The highest BCUT2D eigenvalue weighted by molar-refractivity contribution is 6.34. The van der Waals surface area contributed by atoms with Gasteiger partial charge in [0, 0.05) is 18.0 Å². The smallest absolute Gasteiger partial charge is 0.258 e. The number of carbonyl (C=O) groups is 1. The van der Waals surface area contributed by atoms with E-state index in [1.165, 1.54) is 35.2 Å². The van der Waals surface area contributed by atoms with Crippen LogP contribution in [0.15, 0.2) is 48.6 Å². The highest BCUT2D eigenvalue weighted by atomic mass is 35.5. The van der Waals surface area contributed by atoms with Crippen LogP contribution >= 0.6 is 11.6 Å². The second-order valence-electron chi connectivity index (χ2n) is 5.78. The fourth-order valence-corrected chi connectivity index (χ4v) is 3.33. The summed E-state index contributed by atoms with van der Waals surface area (Å²) in [6.07, 6.45) is 0.703. The normalized spacial score (nSPS) is 16.9. The minimum atomic E-state index is -0.587. The molecule has 124 valence electrons. The van der Waals surface area contributed by atoms with Gasteiger partial charge in [-0.3, -0.25) is 4.79 Å². The third-order valence-corrected chi connectivity index (χ3v) is 4.69. The second-order valence-corrected chi connectivity index (χ2v) is 6.19. The summed E-state index contributed by atoms with van der Waals surface area (Å²) in [7, 11) is 0. The summed E-state index contributed by atoms with van der Waals surface area (Å²) in [5, 5.41) is 0.143. The summed E-state index contributed by atoms with van der Waals surface area (Å²) in [6.45, 7) is 6.25. The van der Waals surface area contributed by atoms with E-state index in [-0.39, 0.29) is 28.7 Å². The van der Waals surface area contributed by atoms with Crippen molar-refractivity contribution in [3.05, 3.63) is 76.3 Å². The first-order chi connectivity index (χ1) is 11.4. The lowest BCUT2D eigenvalue weighted by molar-refractivity contribution is 0.0976. The average molecular weight is 348 g/mol. The second kappa shape index (κ2) is 6.36. The molecule has 5 heteroatoms. The Morgan fingerprint density at radius 3 is 2.75 bits per heavy atom. The zero-order chi connectivity index (χ0) is 17.4. The molecule has 0 saturated carbocycles. The van der Waals surface area contributed by atoms with Crippen LogP contribution in [0.1, 0.15) is 35.2 Å². The Labute approximate surface area is 144 Å². The molecular formula is C19H16ClF2NO. The van der Waals surface area contributed by atoms with Gasteiger partial charge in [0.2, 0.25) is 0 Å². The van der Waals surface area contributed by atoms with Gasteiger partial charge in [0.25, 0.3) is 5.91 Å². The number of para-hydroxylation sites is 1. The lowest BCUT2D eigenvalue weighted by atomic mass is 9.83. The minimum absolute atomic E-state index is 0.0213. The maximum atomic E-state index is 14.3. The average Bonchev–Trinajstić information content (AvgIpc) is 2.56. The first kappa shape index (κ1) is 16.7. The van der Waals surface area contributed by atoms with Crippen molar-refractivity contribution in [1.82, 2.24) is 0 Å². The number of halogens is 3.